The molecule has 1 aliphatic carbocycles. The van der Waals surface area contributed by atoms with E-state index in [2.05, 4.69) is 15.1 Å². The highest BCUT2D eigenvalue weighted by Gasteiger charge is 2.22. The zero-order valence-electron chi connectivity index (χ0n) is 16.4. The average Bonchev–Trinajstić information content (AvgIpc) is 2.68. The smallest absolute Gasteiger partial charge is 0.272 e. The predicted molar refractivity (Wildman–Crippen MR) is 108 cm³/mol. The number of amides is 1. The first-order chi connectivity index (χ1) is 13.0. The van der Waals surface area contributed by atoms with Gasteiger partial charge in [-0.1, -0.05) is 37.5 Å². The van der Waals surface area contributed by atoms with Gasteiger partial charge in [-0.05, 0) is 38.9 Å². The van der Waals surface area contributed by atoms with Crippen LogP contribution in [0.1, 0.15) is 37.8 Å². The van der Waals surface area contributed by atoms with E-state index in [9.17, 15) is 9.59 Å². The predicted octanol–water partition coefficient (Wildman–Crippen LogP) is 2.44. The number of likely N-dealkylation sites (N-methyl/N-ethyl adjacent to an activating group) is 1. The highest BCUT2D eigenvalue weighted by Crippen LogP contribution is 2.25. The third-order valence-corrected chi connectivity index (χ3v) is 5.47. The second-order valence-corrected chi connectivity index (χ2v) is 7.87. The van der Waals surface area contributed by atoms with Crippen LogP contribution in [0, 0.1) is 5.92 Å². The van der Waals surface area contributed by atoms with Crippen LogP contribution in [-0.2, 0) is 11.2 Å². The van der Waals surface area contributed by atoms with Crippen molar-refractivity contribution in [3.63, 3.8) is 0 Å². The summed E-state index contributed by atoms with van der Waals surface area (Å²) in [7, 11) is 4.06. The normalized spacial score (nSPS) is 15.4. The fraction of sp³-hybridized carbons (Fsp3) is 0.571. The molecule has 1 aromatic carbocycles. The molecule has 1 amide bonds. The van der Waals surface area contributed by atoms with Crippen molar-refractivity contribution in [1.82, 2.24) is 20.0 Å². The van der Waals surface area contributed by atoms with Crippen molar-refractivity contribution in [1.29, 1.82) is 0 Å². The van der Waals surface area contributed by atoms with Gasteiger partial charge in [-0.2, -0.15) is 5.10 Å². The van der Waals surface area contributed by atoms with Gasteiger partial charge in [0, 0.05) is 25.0 Å². The minimum absolute atomic E-state index is 0.0899. The van der Waals surface area contributed by atoms with Crippen LogP contribution in [0.25, 0.3) is 10.8 Å². The van der Waals surface area contributed by atoms with Crippen LogP contribution in [0.2, 0.25) is 0 Å². The number of carbonyl (C=O) groups excluding carboxylic acids is 1. The first-order valence-electron chi connectivity index (χ1n) is 9.93. The Morgan fingerprint density at radius 2 is 1.81 bits per heavy atom. The molecule has 0 aliphatic heterocycles. The number of carbonyl (C=O) groups is 1. The van der Waals surface area contributed by atoms with Crippen molar-refractivity contribution >= 4 is 16.7 Å². The van der Waals surface area contributed by atoms with Gasteiger partial charge >= 0.3 is 0 Å². The Kier molecular flexibility index (Phi) is 6.61. The summed E-state index contributed by atoms with van der Waals surface area (Å²) in [5.74, 6) is 0.692. The number of hydrogen-bond acceptors (Lipinski definition) is 4. The van der Waals surface area contributed by atoms with Crippen LogP contribution >= 0.6 is 0 Å². The number of hydrogen-bond donors (Lipinski definition) is 1. The second kappa shape index (κ2) is 9.13. The number of rotatable bonds is 7. The van der Waals surface area contributed by atoms with Crippen molar-refractivity contribution < 1.29 is 4.79 Å². The maximum absolute atomic E-state index is 13.1. The van der Waals surface area contributed by atoms with Gasteiger partial charge in [-0.15, -0.1) is 0 Å². The summed E-state index contributed by atoms with van der Waals surface area (Å²) in [6.07, 6.45) is 6.50. The number of fused-ring (bicyclic) bond motifs is 1. The molecule has 0 unspecified atom stereocenters. The van der Waals surface area contributed by atoms with Crippen molar-refractivity contribution in [3.8, 4) is 0 Å². The number of nitrogens with one attached hydrogen (secondary N) is 1. The van der Waals surface area contributed by atoms with E-state index in [0.717, 1.165) is 25.0 Å². The fourth-order valence-electron chi connectivity index (χ4n) is 3.88. The molecule has 3 rings (SSSR count). The Balaban J connectivity index is 1.77. The van der Waals surface area contributed by atoms with E-state index in [4.69, 9.17) is 0 Å². The lowest BCUT2D eigenvalue weighted by molar-refractivity contribution is -0.131. The molecule has 6 nitrogen and oxygen atoms in total. The van der Waals surface area contributed by atoms with Crippen LogP contribution in [-0.4, -0.2) is 59.6 Å². The van der Waals surface area contributed by atoms with Gasteiger partial charge in [-0.25, -0.2) is 5.10 Å². The molecule has 1 saturated carbocycles. The summed E-state index contributed by atoms with van der Waals surface area (Å²) in [5, 5.41) is 8.06. The van der Waals surface area contributed by atoms with Crippen molar-refractivity contribution in [2.24, 2.45) is 5.92 Å². The zero-order chi connectivity index (χ0) is 19.2. The maximum Gasteiger partial charge on any atom is 0.272 e. The topological polar surface area (TPSA) is 69.3 Å². The van der Waals surface area contributed by atoms with Crippen LogP contribution in [0.4, 0.5) is 0 Å². The Hall–Kier alpha value is -2.21. The van der Waals surface area contributed by atoms with Crippen LogP contribution in [0.15, 0.2) is 29.1 Å². The van der Waals surface area contributed by atoms with E-state index in [1.54, 1.807) is 6.07 Å². The molecular formula is C21H30N4O2. The maximum atomic E-state index is 13.1. The molecule has 1 aliphatic rings. The molecule has 0 atom stereocenters. The molecule has 0 spiro atoms. The van der Waals surface area contributed by atoms with E-state index >= 15 is 0 Å². The first-order valence-corrected chi connectivity index (χ1v) is 9.93. The van der Waals surface area contributed by atoms with Crippen LogP contribution < -0.4 is 5.56 Å². The third-order valence-electron chi connectivity index (χ3n) is 5.47. The number of aromatic nitrogens is 2. The molecule has 27 heavy (non-hydrogen) atoms. The molecule has 146 valence electrons. The van der Waals surface area contributed by atoms with Gasteiger partial charge in [0.05, 0.1) is 17.5 Å². The molecule has 0 radical (unpaired) electrons. The third kappa shape index (κ3) is 5.16. The Labute approximate surface area is 160 Å². The lowest BCUT2D eigenvalue weighted by Crippen LogP contribution is -2.41. The van der Waals surface area contributed by atoms with Gasteiger partial charge in [0.2, 0.25) is 5.91 Å². The summed E-state index contributed by atoms with van der Waals surface area (Å²) in [6.45, 7) is 2.40. The molecule has 1 aromatic heterocycles. The van der Waals surface area contributed by atoms with Crippen molar-refractivity contribution in [3.05, 3.63) is 40.3 Å². The molecule has 6 heteroatoms. The van der Waals surface area contributed by atoms with Crippen molar-refractivity contribution in [2.45, 2.75) is 38.5 Å². The molecule has 0 bridgehead atoms. The van der Waals surface area contributed by atoms with E-state index in [1.165, 1.54) is 32.1 Å². The summed E-state index contributed by atoms with van der Waals surface area (Å²) >= 11 is 0. The SMILES string of the molecule is CN(C)CCN(CC1CCCCC1)C(=O)Cc1n[nH]c(=O)c2ccccc12. The van der Waals surface area contributed by atoms with Gasteiger partial charge in [0.1, 0.15) is 0 Å². The summed E-state index contributed by atoms with van der Waals surface area (Å²) < 4.78 is 0. The number of benzene rings is 1. The molecule has 1 N–H and O–H groups in total. The number of nitrogens with zero attached hydrogens (tertiary/aromatic N) is 3. The quantitative estimate of drug-likeness (QED) is 0.813. The van der Waals surface area contributed by atoms with Gasteiger partial charge < -0.3 is 9.80 Å². The van der Waals surface area contributed by atoms with E-state index < -0.39 is 0 Å². The standard InChI is InChI=1S/C21H30N4O2/c1-24(2)12-13-25(15-16-8-4-3-5-9-16)20(26)14-19-17-10-6-7-11-18(17)21(27)23-22-19/h6-7,10-11,16H,3-5,8-9,12-15H2,1-2H3,(H,23,27). The monoisotopic (exact) mass is 370 g/mol. The minimum Gasteiger partial charge on any atom is -0.341 e. The largest absolute Gasteiger partial charge is 0.341 e. The molecular weight excluding hydrogens is 340 g/mol. The van der Waals surface area contributed by atoms with Gasteiger partial charge in [-0.3, -0.25) is 9.59 Å². The number of H-pyrrole nitrogens is 1. The molecule has 2 aromatic rings. The van der Waals surface area contributed by atoms with Crippen LogP contribution in [0.3, 0.4) is 0 Å². The summed E-state index contributed by atoms with van der Waals surface area (Å²) in [6, 6.07) is 7.35. The molecule has 1 heterocycles. The highest BCUT2D eigenvalue weighted by atomic mass is 16.2. The minimum atomic E-state index is -0.214. The second-order valence-electron chi connectivity index (χ2n) is 7.87. The molecule has 0 saturated heterocycles. The van der Waals surface area contributed by atoms with Gasteiger partial charge in [0.25, 0.3) is 5.56 Å². The Morgan fingerprint density at radius 1 is 1.11 bits per heavy atom. The lowest BCUT2D eigenvalue weighted by atomic mass is 9.89. The van der Waals surface area contributed by atoms with E-state index in [-0.39, 0.29) is 17.9 Å². The Bertz CT molecular complexity index is 824. The zero-order valence-corrected chi connectivity index (χ0v) is 16.4. The average molecular weight is 370 g/mol. The summed E-state index contributed by atoms with van der Waals surface area (Å²) in [5.41, 5.74) is 0.433. The summed E-state index contributed by atoms with van der Waals surface area (Å²) in [4.78, 5) is 29.2. The van der Waals surface area contributed by atoms with E-state index in [1.807, 2.05) is 37.2 Å². The first kappa shape index (κ1) is 19.5. The fourth-order valence-corrected chi connectivity index (χ4v) is 3.88. The van der Waals surface area contributed by atoms with Crippen LogP contribution in [0.5, 0.6) is 0 Å². The lowest BCUT2D eigenvalue weighted by Gasteiger charge is -2.30. The molecule has 1 fully saturated rings. The van der Waals surface area contributed by atoms with Gasteiger partial charge in [0.15, 0.2) is 0 Å². The van der Waals surface area contributed by atoms with Crippen molar-refractivity contribution in [2.75, 3.05) is 33.7 Å². The Morgan fingerprint density at radius 3 is 2.52 bits per heavy atom. The highest BCUT2D eigenvalue weighted by molar-refractivity contribution is 5.88. The number of aromatic amines is 1. The van der Waals surface area contributed by atoms with E-state index in [0.29, 0.717) is 17.0 Å².